The summed E-state index contributed by atoms with van der Waals surface area (Å²) in [6.07, 6.45) is 6.43. The van der Waals surface area contributed by atoms with Gasteiger partial charge in [-0.3, -0.25) is 0 Å². The van der Waals surface area contributed by atoms with E-state index >= 15 is 0 Å². The maximum atomic E-state index is 10.6. The third-order valence-corrected chi connectivity index (χ3v) is 3.79. The highest BCUT2D eigenvalue weighted by atomic mass is 16.5. The highest BCUT2D eigenvalue weighted by Gasteiger charge is 2.42. The van der Waals surface area contributed by atoms with Gasteiger partial charge in [0, 0.05) is 25.5 Å². The molecule has 2 aliphatic heterocycles. The molecule has 2 aliphatic rings. The van der Waals surface area contributed by atoms with Gasteiger partial charge in [-0.25, -0.2) is 0 Å². The molecular weight excluding hydrogens is 190 g/mol. The monoisotopic (exact) mass is 213 g/mol. The fourth-order valence-electron chi connectivity index (χ4n) is 2.92. The molecule has 0 radical (unpaired) electrons. The smallest absolute Gasteiger partial charge is 0.0846 e. The van der Waals surface area contributed by atoms with E-state index in [1.165, 1.54) is 6.42 Å². The first kappa shape index (κ1) is 11.4. The minimum absolute atomic E-state index is 0.274. The Bertz CT molecular complexity index is 202. The Kier molecular flexibility index (Phi) is 3.65. The van der Waals surface area contributed by atoms with Gasteiger partial charge in [-0.15, -0.1) is 0 Å². The second kappa shape index (κ2) is 4.81. The number of ether oxygens (including phenoxy) is 1. The van der Waals surface area contributed by atoms with Crippen LogP contribution in [-0.4, -0.2) is 36.0 Å². The van der Waals surface area contributed by atoms with Crippen LogP contribution in [0.2, 0.25) is 0 Å². The van der Waals surface area contributed by atoms with Gasteiger partial charge in [0.2, 0.25) is 0 Å². The maximum Gasteiger partial charge on any atom is 0.0846 e. The summed E-state index contributed by atoms with van der Waals surface area (Å²) in [5.41, 5.74) is -0.505. The number of rotatable bonds is 3. The fourth-order valence-corrected chi connectivity index (χ4v) is 2.92. The minimum atomic E-state index is -0.505. The molecule has 15 heavy (non-hydrogen) atoms. The van der Waals surface area contributed by atoms with Crippen molar-refractivity contribution in [1.29, 1.82) is 0 Å². The normalized spacial score (nSPS) is 42.0. The number of hydrogen-bond donors (Lipinski definition) is 2. The molecule has 0 spiro atoms. The molecule has 3 nitrogen and oxygen atoms in total. The van der Waals surface area contributed by atoms with Gasteiger partial charge < -0.3 is 15.2 Å². The Labute approximate surface area is 92.2 Å². The molecule has 0 bridgehead atoms. The molecule has 2 rings (SSSR count). The first-order valence-electron chi connectivity index (χ1n) is 6.32. The van der Waals surface area contributed by atoms with Crippen LogP contribution in [0.4, 0.5) is 0 Å². The van der Waals surface area contributed by atoms with Crippen molar-refractivity contribution in [1.82, 2.24) is 5.32 Å². The van der Waals surface area contributed by atoms with E-state index in [9.17, 15) is 5.11 Å². The van der Waals surface area contributed by atoms with Crippen molar-refractivity contribution in [2.75, 3.05) is 13.2 Å². The van der Waals surface area contributed by atoms with E-state index in [1.54, 1.807) is 0 Å². The van der Waals surface area contributed by atoms with Crippen LogP contribution < -0.4 is 5.32 Å². The van der Waals surface area contributed by atoms with E-state index in [0.29, 0.717) is 6.04 Å². The highest BCUT2D eigenvalue weighted by Crippen LogP contribution is 2.33. The van der Waals surface area contributed by atoms with Crippen molar-refractivity contribution >= 4 is 0 Å². The lowest BCUT2D eigenvalue weighted by Crippen LogP contribution is -2.53. The second-order valence-electron chi connectivity index (χ2n) is 4.99. The van der Waals surface area contributed by atoms with Gasteiger partial charge in [-0.05, 0) is 25.8 Å². The van der Waals surface area contributed by atoms with Crippen molar-refractivity contribution in [2.45, 2.75) is 63.2 Å². The molecule has 3 unspecified atom stereocenters. The van der Waals surface area contributed by atoms with Crippen LogP contribution in [0.3, 0.4) is 0 Å². The molecule has 88 valence electrons. The van der Waals surface area contributed by atoms with Crippen LogP contribution in [0.15, 0.2) is 0 Å². The predicted octanol–water partition coefficient (Wildman–Crippen LogP) is 1.45. The Morgan fingerprint density at radius 2 is 2.40 bits per heavy atom. The molecule has 3 atom stereocenters. The van der Waals surface area contributed by atoms with Crippen LogP contribution >= 0.6 is 0 Å². The third kappa shape index (κ3) is 2.52. The van der Waals surface area contributed by atoms with E-state index in [1.807, 2.05) is 0 Å². The predicted molar refractivity (Wildman–Crippen MR) is 59.9 cm³/mol. The summed E-state index contributed by atoms with van der Waals surface area (Å²) in [7, 11) is 0. The molecule has 0 aliphatic carbocycles. The van der Waals surface area contributed by atoms with Crippen LogP contribution in [0, 0.1) is 0 Å². The van der Waals surface area contributed by atoms with E-state index in [0.717, 1.165) is 45.3 Å². The standard InChI is InChI=1S/C12H23NO2/c1-2-4-10-9-12(14,6-8-15-10)11-5-3-7-13-11/h10-11,13-14H,2-9H2,1H3. The van der Waals surface area contributed by atoms with Crippen molar-refractivity contribution in [3.05, 3.63) is 0 Å². The number of aliphatic hydroxyl groups is 1. The number of hydrogen-bond acceptors (Lipinski definition) is 3. The third-order valence-electron chi connectivity index (χ3n) is 3.79. The van der Waals surface area contributed by atoms with E-state index in [2.05, 4.69) is 12.2 Å². The zero-order valence-electron chi connectivity index (χ0n) is 9.67. The summed E-state index contributed by atoms with van der Waals surface area (Å²) >= 11 is 0. The zero-order chi connectivity index (χ0) is 10.7. The summed E-state index contributed by atoms with van der Waals surface area (Å²) in [6, 6.07) is 0.306. The SMILES string of the molecule is CCCC1CC(O)(C2CCCN2)CCO1. The largest absolute Gasteiger partial charge is 0.388 e. The fraction of sp³-hybridized carbons (Fsp3) is 1.00. The zero-order valence-corrected chi connectivity index (χ0v) is 9.67. The molecule has 0 saturated carbocycles. The van der Waals surface area contributed by atoms with Crippen molar-refractivity contribution in [2.24, 2.45) is 0 Å². The summed E-state index contributed by atoms with van der Waals surface area (Å²) in [5, 5.41) is 14.0. The van der Waals surface area contributed by atoms with Crippen molar-refractivity contribution < 1.29 is 9.84 Å². The Balaban J connectivity index is 1.94. The first-order chi connectivity index (χ1) is 7.24. The van der Waals surface area contributed by atoms with Crippen LogP contribution in [0.1, 0.15) is 45.4 Å². The maximum absolute atomic E-state index is 10.6. The van der Waals surface area contributed by atoms with Crippen molar-refractivity contribution in [3.63, 3.8) is 0 Å². The second-order valence-corrected chi connectivity index (χ2v) is 4.99. The van der Waals surface area contributed by atoms with Gasteiger partial charge in [-0.1, -0.05) is 13.3 Å². The highest BCUT2D eigenvalue weighted by molar-refractivity contribution is 4.97. The van der Waals surface area contributed by atoms with E-state index in [-0.39, 0.29) is 6.10 Å². The van der Waals surface area contributed by atoms with Gasteiger partial charge in [-0.2, -0.15) is 0 Å². The molecule has 2 heterocycles. The lowest BCUT2D eigenvalue weighted by Gasteiger charge is -2.41. The Morgan fingerprint density at radius 3 is 3.07 bits per heavy atom. The van der Waals surface area contributed by atoms with E-state index < -0.39 is 5.60 Å². The van der Waals surface area contributed by atoms with Gasteiger partial charge in [0.05, 0.1) is 11.7 Å². The molecule has 2 fully saturated rings. The average molecular weight is 213 g/mol. The molecule has 3 heteroatoms. The Morgan fingerprint density at radius 1 is 1.53 bits per heavy atom. The molecule has 2 saturated heterocycles. The average Bonchev–Trinajstić information content (AvgIpc) is 2.71. The molecular formula is C12H23NO2. The van der Waals surface area contributed by atoms with Gasteiger partial charge in [0.15, 0.2) is 0 Å². The van der Waals surface area contributed by atoms with Crippen LogP contribution in [0.5, 0.6) is 0 Å². The quantitative estimate of drug-likeness (QED) is 0.745. The number of nitrogens with one attached hydrogen (secondary N) is 1. The molecule has 0 aromatic heterocycles. The van der Waals surface area contributed by atoms with Crippen molar-refractivity contribution in [3.8, 4) is 0 Å². The topological polar surface area (TPSA) is 41.5 Å². The van der Waals surface area contributed by atoms with Crippen LogP contribution in [-0.2, 0) is 4.74 Å². The lowest BCUT2D eigenvalue weighted by atomic mass is 9.82. The minimum Gasteiger partial charge on any atom is -0.388 e. The van der Waals surface area contributed by atoms with Gasteiger partial charge in [0.1, 0.15) is 0 Å². The summed E-state index contributed by atoms with van der Waals surface area (Å²) in [5.74, 6) is 0. The molecule has 0 amide bonds. The summed E-state index contributed by atoms with van der Waals surface area (Å²) < 4.78 is 5.69. The van der Waals surface area contributed by atoms with Gasteiger partial charge >= 0.3 is 0 Å². The molecule has 0 aromatic carbocycles. The first-order valence-corrected chi connectivity index (χ1v) is 6.32. The van der Waals surface area contributed by atoms with Crippen LogP contribution in [0.25, 0.3) is 0 Å². The lowest BCUT2D eigenvalue weighted by molar-refractivity contribution is -0.119. The Hall–Kier alpha value is -0.120. The molecule has 0 aromatic rings. The van der Waals surface area contributed by atoms with E-state index in [4.69, 9.17) is 4.74 Å². The molecule has 2 N–H and O–H groups in total. The van der Waals surface area contributed by atoms with Gasteiger partial charge in [0.25, 0.3) is 0 Å². The summed E-state index contributed by atoms with van der Waals surface area (Å²) in [4.78, 5) is 0. The summed E-state index contributed by atoms with van der Waals surface area (Å²) in [6.45, 7) is 3.95.